The fourth-order valence-electron chi connectivity index (χ4n) is 1.51. The van der Waals surface area contributed by atoms with E-state index in [9.17, 15) is 9.18 Å². The second-order valence-electron chi connectivity index (χ2n) is 3.71. The first-order valence-corrected chi connectivity index (χ1v) is 5.46. The van der Waals surface area contributed by atoms with Crippen LogP contribution in [-0.2, 0) is 0 Å². The van der Waals surface area contributed by atoms with Gasteiger partial charge in [0.1, 0.15) is 5.82 Å². The van der Waals surface area contributed by atoms with Gasteiger partial charge in [-0.3, -0.25) is 4.79 Å². The van der Waals surface area contributed by atoms with Gasteiger partial charge in [0.25, 0.3) is 5.91 Å². The van der Waals surface area contributed by atoms with Crippen LogP contribution in [0.1, 0.15) is 16.3 Å². The summed E-state index contributed by atoms with van der Waals surface area (Å²) in [7, 11) is 0. The van der Waals surface area contributed by atoms with Crippen LogP contribution in [0, 0.1) is 12.7 Å². The number of carbonyl (C=O) groups is 1. The van der Waals surface area contributed by atoms with Crippen molar-refractivity contribution in [3.05, 3.63) is 46.6 Å². The van der Waals surface area contributed by atoms with Crippen LogP contribution in [0.2, 0.25) is 5.02 Å². The number of hydrogen-bond acceptors (Lipinski definition) is 3. The molecule has 2 aromatic rings. The Labute approximate surface area is 108 Å². The second-order valence-corrected chi connectivity index (χ2v) is 4.14. The number of aromatic nitrogens is 2. The molecule has 4 nitrogen and oxygen atoms in total. The van der Waals surface area contributed by atoms with Crippen molar-refractivity contribution in [2.24, 2.45) is 5.73 Å². The number of primary amides is 1. The first kappa shape index (κ1) is 12.4. The molecule has 0 aliphatic rings. The number of halogens is 2. The standard InChI is InChI=1S/C12H9ClFN3O/c1-6-4-10(17-12(16-6)11(15)18)8-5-7(13)2-3-9(8)14/h2-5H,1H3,(H2,15,18). The Bertz CT molecular complexity index is 631. The largest absolute Gasteiger partial charge is 0.363 e. The third-order valence-electron chi connectivity index (χ3n) is 2.28. The predicted octanol–water partition coefficient (Wildman–Crippen LogP) is 2.34. The summed E-state index contributed by atoms with van der Waals surface area (Å²) < 4.78 is 13.7. The summed E-state index contributed by atoms with van der Waals surface area (Å²) in [5.41, 5.74) is 6.11. The van der Waals surface area contributed by atoms with Gasteiger partial charge in [-0.2, -0.15) is 0 Å². The van der Waals surface area contributed by atoms with Crippen LogP contribution < -0.4 is 5.73 Å². The summed E-state index contributed by atoms with van der Waals surface area (Å²) in [4.78, 5) is 18.9. The third kappa shape index (κ3) is 2.46. The summed E-state index contributed by atoms with van der Waals surface area (Å²) in [6.07, 6.45) is 0. The summed E-state index contributed by atoms with van der Waals surface area (Å²) in [5.74, 6) is -1.39. The fraction of sp³-hybridized carbons (Fsp3) is 0.0833. The first-order chi connectivity index (χ1) is 8.47. The quantitative estimate of drug-likeness (QED) is 0.906. The van der Waals surface area contributed by atoms with Gasteiger partial charge in [0.2, 0.25) is 5.82 Å². The number of rotatable bonds is 2. The maximum Gasteiger partial charge on any atom is 0.286 e. The monoisotopic (exact) mass is 265 g/mol. The highest BCUT2D eigenvalue weighted by Gasteiger charge is 2.12. The zero-order chi connectivity index (χ0) is 13.3. The van der Waals surface area contributed by atoms with Crippen molar-refractivity contribution >= 4 is 17.5 Å². The number of aryl methyl sites for hydroxylation is 1. The Kier molecular flexibility index (Phi) is 3.25. The minimum atomic E-state index is -0.762. The Morgan fingerprint density at radius 1 is 1.33 bits per heavy atom. The van der Waals surface area contributed by atoms with E-state index in [1.165, 1.54) is 18.2 Å². The van der Waals surface area contributed by atoms with Crippen molar-refractivity contribution < 1.29 is 9.18 Å². The molecule has 1 amide bonds. The lowest BCUT2D eigenvalue weighted by Crippen LogP contribution is -2.16. The number of nitrogens with zero attached hydrogens (tertiary/aromatic N) is 2. The van der Waals surface area contributed by atoms with Crippen LogP contribution in [0.15, 0.2) is 24.3 Å². The lowest BCUT2D eigenvalue weighted by Gasteiger charge is -2.05. The molecule has 92 valence electrons. The molecule has 0 spiro atoms. The zero-order valence-corrected chi connectivity index (χ0v) is 10.2. The Morgan fingerprint density at radius 2 is 2.06 bits per heavy atom. The van der Waals surface area contributed by atoms with Crippen molar-refractivity contribution in [2.75, 3.05) is 0 Å². The minimum absolute atomic E-state index is 0.149. The van der Waals surface area contributed by atoms with E-state index in [0.29, 0.717) is 10.7 Å². The van der Waals surface area contributed by atoms with E-state index in [1.807, 2.05) is 0 Å². The summed E-state index contributed by atoms with van der Waals surface area (Å²) in [6.45, 7) is 1.67. The SMILES string of the molecule is Cc1cc(-c2cc(Cl)ccc2F)nc(C(N)=O)n1. The van der Waals surface area contributed by atoms with Crippen molar-refractivity contribution in [1.82, 2.24) is 9.97 Å². The molecule has 0 saturated carbocycles. The van der Waals surface area contributed by atoms with Gasteiger partial charge >= 0.3 is 0 Å². The van der Waals surface area contributed by atoms with Crippen molar-refractivity contribution in [3.8, 4) is 11.3 Å². The molecule has 0 bridgehead atoms. The van der Waals surface area contributed by atoms with Gasteiger partial charge in [-0.1, -0.05) is 11.6 Å². The molecule has 0 fully saturated rings. The van der Waals surface area contributed by atoms with E-state index in [4.69, 9.17) is 17.3 Å². The molecule has 18 heavy (non-hydrogen) atoms. The highest BCUT2D eigenvalue weighted by molar-refractivity contribution is 6.30. The molecule has 0 aliphatic heterocycles. The van der Waals surface area contributed by atoms with E-state index >= 15 is 0 Å². The van der Waals surface area contributed by atoms with Gasteiger partial charge in [0, 0.05) is 16.3 Å². The normalized spacial score (nSPS) is 10.4. The highest BCUT2D eigenvalue weighted by atomic mass is 35.5. The molecule has 1 heterocycles. The van der Waals surface area contributed by atoms with Crippen LogP contribution in [0.25, 0.3) is 11.3 Å². The lowest BCUT2D eigenvalue weighted by atomic mass is 10.1. The molecule has 0 atom stereocenters. The van der Waals surface area contributed by atoms with Gasteiger partial charge in [0.15, 0.2) is 0 Å². The Balaban J connectivity index is 2.63. The molecular formula is C12H9ClFN3O. The molecule has 2 rings (SSSR count). The van der Waals surface area contributed by atoms with Crippen LogP contribution in [0.5, 0.6) is 0 Å². The van der Waals surface area contributed by atoms with Crippen LogP contribution >= 0.6 is 11.6 Å². The molecule has 2 N–H and O–H groups in total. The zero-order valence-electron chi connectivity index (χ0n) is 9.45. The summed E-state index contributed by atoms with van der Waals surface area (Å²) in [6, 6.07) is 5.66. The van der Waals surface area contributed by atoms with Crippen molar-refractivity contribution in [1.29, 1.82) is 0 Å². The smallest absolute Gasteiger partial charge is 0.286 e. The van der Waals surface area contributed by atoms with E-state index < -0.39 is 11.7 Å². The second kappa shape index (κ2) is 4.70. The topological polar surface area (TPSA) is 68.9 Å². The average Bonchev–Trinajstić information content (AvgIpc) is 2.31. The molecule has 1 aromatic carbocycles. The average molecular weight is 266 g/mol. The molecule has 0 radical (unpaired) electrons. The van der Waals surface area contributed by atoms with Gasteiger partial charge < -0.3 is 5.73 Å². The Morgan fingerprint density at radius 3 is 2.72 bits per heavy atom. The predicted molar refractivity (Wildman–Crippen MR) is 65.7 cm³/mol. The number of carbonyl (C=O) groups excluding carboxylic acids is 1. The Hall–Kier alpha value is -2.01. The summed E-state index contributed by atoms with van der Waals surface area (Å²) >= 11 is 5.81. The maximum absolute atomic E-state index is 13.7. The third-order valence-corrected chi connectivity index (χ3v) is 2.51. The minimum Gasteiger partial charge on any atom is -0.363 e. The van der Waals surface area contributed by atoms with Crippen LogP contribution in [0.3, 0.4) is 0 Å². The van der Waals surface area contributed by atoms with E-state index in [1.54, 1.807) is 13.0 Å². The van der Waals surface area contributed by atoms with E-state index in [0.717, 1.165) is 0 Å². The number of hydrogen-bond donors (Lipinski definition) is 1. The summed E-state index contributed by atoms with van der Waals surface area (Å²) in [5, 5.41) is 0.378. The van der Waals surface area contributed by atoms with Crippen molar-refractivity contribution in [3.63, 3.8) is 0 Å². The van der Waals surface area contributed by atoms with Gasteiger partial charge in [-0.25, -0.2) is 14.4 Å². The van der Waals surface area contributed by atoms with Gasteiger partial charge in [0.05, 0.1) is 5.69 Å². The molecular weight excluding hydrogens is 257 g/mol. The first-order valence-electron chi connectivity index (χ1n) is 5.08. The molecule has 0 saturated heterocycles. The number of amides is 1. The van der Waals surface area contributed by atoms with Gasteiger partial charge in [-0.05, 0) is 31.2 Å². The number of nitrogens with two attached hydrogens (primary N) is 1. The maximum atomic E-state index is 13.7. The molecule has 0 aliphatic carbocycles. The molecule has 1 aromatic heterocycles. The fourth-order valence-corrected chi connectivity index (χ4v) is 1.68. The van der Waals surface area contributed by atoms with Crippen LogP contribution in [-0.4, -0.2) is 15.9 Å². The lowest BCUT2D eigenvalue weighted by molar-refractivity contribution is 0.0990. The van der Waals surface area contributed by atoms with E-state index in [2.05, 4.69) is 9.97 Å². The van der Waals surface area contributed by atoms with Gasteiger partial charge in [-0.15, -0.1) is 0 Å². The van der Waals surface area contributed by atoms with Crippen LogP contribution in [0.4, 0.5) is 4.39 Å². The van der Waals surface area contributed by atoms with Crippen molar-refractivity contribution in [2.45, 2.75) is 6.92 Å². The van der Waals surface area contributed by atoms with E-state index in [-0.39, 0.29) is 17.1 Å². The molecule has 0 unspecified atom stereocenters. The highest BCUT2D eigenvalue weighted by Crippen LogP contribution is 2.24. The number of benzene rings is 1. The molecule has 6 heteroatoms.